The van der Waals surface area contributed by atoms with Crippen molar-refractivity contribution in [2.24, 2.45) is 0 Å². The van der Waals surface area contributed by atoms with Crippen molar-refractivity contribution in [3.8, 4) is 0 Å². The Bertz CT molecular complexity index is 655. The minimum absolute atomic E-state index is 0.146. The molecule has 0 aromatic heterocycles. The van der Waals surface area contributed by atoms with Crippen LogP contribution in [0.5, 0.6) is 0 Å². The summed E-state index contributed by atoms with van der Waals surface area (Å²) in [5.41, 5.74) is 2.99. The smallest absolute Gasteiger partial charge is 0.336 e. The van der Waals surface area contributed by atoms with Crippen molar-refractivity contribution in [3.05, 3.63) is 70.5 Å². The van der Waals surface area contributed by atoms with Crippen LogP contribution >= 0.6 is 0 Å². The summed E-state index contributed by atoms with van der Waals surface area (Å²) in [6, 6.07) is 11.8. The van der Waals surface area contributed by atoms with E-state index in [4.69, 9.17) is 5.11 Å². The number of aromatic carboxylic acids is 1. The van der Waals surface area contributed by atoms with Crippen LogP contribution < -0.4 is 0 Å². The number of halogens is 1. The number of carbonyl (C=O) groups is 1. The van der Waals surface area contributed by atoms with Crippen molar-refractivity contribution in [2.45, 2.75) is 20.0 Å². The maximum atomic E-state index is 13.3. The van der Waals surface area contributed by atoms with Gasteiger partial charge in [-0.05, 0) is 48.9 Å². The molecule has 0 aliphatic rings. The number of hydrogen-bond acceptors (Lipinski definition) is 2. The van der Waals surface area contributed by atoms with E-state index < -0.39 is 11.8 Å². The molecule has 0 bridgehead atoms. The van der Waals surface area contributed by atoms with Gasteiger partial charge in [0.2, 0.25) is 0 Å². The highest BCUT2D eigenvalue weighted by Crippen LogP contribution is 2.16. The first-order valence-electron chi connectivity index (χ1n) is 6.72. The van der Waals surface area contributed by atoms with Gasteiger partial charge in [0.1, 0.15) is 5.82 Å². The van der Waals surface area contributed by atoms with E-state index in [9.17, 15) is 9.18 Å². The molecule has 2 aromatic carbocycles. The molecule has 2 aromatic rings. The van der Waals surface area contributed by atoms with Crippen LogP contribution in [0, 0.1) is 12.7 Å². The standard InChI is InChI=1S/C17H18FNO2/c1-12-5-3-4-6-13(12)10-19(2)11-14-9-15(18)7-8-16(14)17(20)21/h3-9H,10-11H2,1-2H3,(H,20,21). The predicted octanol–water partition coefficient (Wildman–Crippen LogP) is 3.46. The van der Waals surface area contributed by atoms with Crippen LogP contribution in [0.4, 0.5) is 4.39 Å². The number of carboxylic acids is 1. The molecule has 0 heterocycles. The van der Waals surface area contributed by atoms with E-state index in [0.717, 1.165) is 0 Å². The Morgan fingerprint density at radius 1 is 1.14 bits per heavy atom. The zero-order chi connectivity index (χ0) is 15.4. The quantitative estimate of drug-likeness (QED) is 0.915. The Balaban J connectivity index is 2.16. The summed E-state index contributed by atoms with van der Waals surface area (Å²) in [4.78, 5) is 13.2. The molecule has 0 atom stereocenters. The topological polar surface area (TPSA) is 40.5 Å². The number of aryl methyl sites for hydroxylation is 1. The van der Waals surface area contributed by atoms with Gasteiger partial charge in [0, 0.05) is 13.1 Å². The van der Waals surface area contributed by atoms with E-state index in [1.54, 1.807) is 0 Å². The van der Waals surface area contributed by atoms with Gasteiger partial charge < -0.3 is 5.11 Å². The highest BCUT2D eigenvalue weighted by atomic mass is 19.1. The number of carboxylic acid groups (broad SMARTS) is 1. The van der Waals surface area contributed by atoms with E-state index in [0.29, 0.717) is 18.7 Å². The van der Waals surface area contributed by atoms with Crippen molar-refractivity contribution in [1.29, 1.82) is 0 Å². The van der Waals surface area contributed by atoms with Gasteiger partial charge >= 0.3 is 5.97 Å². The van der Waals surface area contributed by atoms with E-state index in [2.05, 4.69) is 0 Å². The Labute approximate surface area is 123 Å². The molecule has 0 radical (unpaired) electrons. The van der Waals surface area contributed by atoms with Crippen LogP contribution in [0.15, 0.2) is 42.5 Å². The minimum atomic E-state index is -1.03. The van der Waals surface area contributed by atoms with Gasteiger partial charge in [-0.15, -0.1) is 0 Å². The Morgan fingerprint density at radius 2 is 1.81 bits per heavy atom. The predicted molar refractivity (Wildman–Crippen MR) is 79.7 cm³/mol. The fourth-order valence-corrected chi connectivity index (χ4v) is 2.33. The lowest BCUT2D eigenvalue weighted by atomic mass is 10.1. The molecular formula is C17H18FNO2. The Hall–Kier alpha value is -2.20. The summed E-state index contributed by atoms with van der Waals surface area (Å²) in [6.45, 7) is 3.10. The molecule has 0 aliphatic heterocycles. The van der Waals surface area contributed by atoms with Gasteiger partial charge in [0.15, 0.2) is 0 Å². The molecule has 21 heavy (non-hydrogen) atoms. The molecule has 0 aliphatic carbocycles. The zero-order valence-electron chi connectivity index (χ0n) is 12.1. The molecule has 2 rings (SSSR count). The van der Waals surface area contributed by atoms with E-state index in [1.165, 1.54) is 29.3 Å². The van der Waals surface area contributed by atoms with Gasteiger partial charge in [0.05, 0.1) is 5.56 Å². The Kier molecular flexibility index (Phi) is 4.70. The second kappa shape index (κ2) is 6.50. The van der Waals surface area contributed by atoms with Crippen molar-refractivity contribution in [3.63, 3.8) is 0 Å². The third kappa shape index (κ3) is 3.89. The molecule has 0 saturated heterocycles. The molecule has 0 fully saturated rings. The monoisotopic (exact) mass is 287 g/mol. The first-order chi connectivity index (χ1) is 9.97. The second-order valence-corrected chi connectivity index (χ2v) is 5.21. The van der Waals surface area contributed by atoms with Crippen LogP contribution in [0.2, 0.25) is 0 Å². The van der Waals surface area contributed by atoms with Gasteiger partial charge in [0.25, 0.3) is 0 Å². The molecule has 3 nitrogen and oxygen atoms in total. The second-order valence-electron chi connectivity index (χ2n) is 5.21. The summed E-state index contributed by atoms with van der Waals surface area (Å²) in [5, 5.41) is 9.16. The maximum Gasteiger partial charge on any atom is 0.336 e. The maximum absolute atomic E-state index is 13.3. The number of hydrogen-bond donors (Lipinski definition) is 1. The summed E-state index contributed by atoms with van der Waals surface area (Å²) in [6.07, 6.45) is 0. The van der Waals surface area contributed by atoms with Crippen molar-refractivity contribution < 1.29 is 14.3 Å². The third-order valence-corrected chi connectivity index (χ3v) is 3.44. The van der Waals surface area contributed by atoms with Crippen LogP contribution in [0.1, 0.15) is 27.0 Å². The summed E-state index contributed by atoms with van der Waals surface area (Å²) >= 11 is 0. The summed E-state index contributed by atoms with van der Waals surface area (Å²) in [5.74, 6) is -1.45. The van der Waals surface area contributed by atoms with Gasteiger partial charge in [-0.2, -0.15) is 0 Å². The Morgan fingerprint density at radius 3 is 2.48 bits per heavy atom. The van der Waals surface area contributed by atoms with Gasteiger partial charge in [-0.25, -0.2) is 9.18 Å². The van der Waals surface area contributed by atoms with Crippen LogP contribution in [0.25, 0.3) is 0 Å². The number of rotatable bonds is 5. The van der Waals surface area contributed by atoms with Crippen LogP contribution in [0.3, 0.4) is 0 Å². The third-order valence-electron chi connectivity index (χ3n) is 3.44. The molecule has 4 heteroatoms. The summed E-state index contributed by atoms with van der Waals surface area (Å²) in [7, 11) is 1.89. The molecule has 1 N–H and O–H groups in total. The molecular weight excluding hydrogens is 269 g/mol. The highest BCUT2D eigenvalue weighted by Gasteiger charge is 2.13. The molecule has 110 valence electrons. The molecule has 0 spiro atoms. The number of benzene rings is 2. The average Bonchev–Trinajstić information content (AvgIpc) is 2.41. The fourth-order valence-electron chi connectivity index (χ4n) is 2.33. The first-order valence-corrected chi connectivity index (χ1v) is 6.72. The van der Waals surface area contributed by atoms with Crippen molar-refractivity contribution in [1.82, 2.24) is 4.90 Å². The molecule has 0 unspecified atom stereocenters. The average molecular weight is 287 g/mol. The lowest BCUT2D eigenvalue weighted by molar-refractivity contribution is 0.0694. The van der Waals surface area contributed by atoms with Crippen LogP contribution in [-0.4, -0.2) is 23.0 Å². The van der Waals surface area contributed by atoms with Gasteiger partial charge in [-0.1, -0.05) is 24.3 Å². The van der Waals surface area contributed by atoms with Crippen molar-refractivity contribution in [2.75, 3.05) is 7.05 Å². The van der Waals surface area contributed by atoms with E-state index in [-0.39, 0.29) is 5.56 Å². The van der Waals surface area contributed by atoms with E-state index in [1.807, 2.05) is 43.1 Å². The van der Waals surface area contributed by atoms with Gasteiger partial charge in [-0.3, -0.25) is 4.90 Å². The number of nitrogens with zero attached hydrogens (tertiary/aromatic N) is 1. The minimum Gasteiger partial charge on any atom is -0.478 e. The lowest BCUT2D eigenvalue weighted by Gasteiger charge is -2.19. The molecule has 0 saturated carbocycles. The zero-order valence-corrected chi connectivity index (χ0v) is 12.1. The first kappa shape index (κ1) is 15.2. The molecule has 0 amide bonds. The lowest BCUT2D eigenvalue weighted by Crippen LogP contribution is -2.19. The normalized spacial score (nSPS) is 10.9. The van der Waals surface area contributed by atoms with Crippen LogP contribution in [-0.2, 0) is 13.1 Å². The fraction of sp³-hybridized carbons (Fsp3) is 0.235. The summed E-state index contributed by atoms with van der Waals surface area (Å²) < 4.78 is 13.3. The largest absolute Gasteiger partial charge is 0.478 e. The van der Waals surface area contributed by atoms with Crippen molar-refractivity contribution >= 4 is 5.97 Å². The highest BCUT2D eigenvalue weighted by molar-refractivity contribution is 5.89. The SMILES string of the molecule is Cc1ccccc1CN(C)Cc1cc(F)ccc1C(=O)O. The van der Waals surface area contributed by atoms with E-state index >= 15 is 0 Å².